The minimum absolute atomic E-state index is 0.188. The molecule has 2 fully saturated rings. The van der Waals surface area contributed by atoms with Gasteiger partial charge in [-0.05, 0) is 18.8 Å². The van der Waals surface area contributed by atoms with E-state index in [1.54, 1.807) is 0 Å². The third-order valence-corrected chi connectivity index (χ3v) is 2.75. The van der Waals surface area contributed by atoms with E-state index in [0.29, 0.717) is 12.5 Å². The maximum absolute atomic E-state index is 11.9. The number of rotatable bonds is 3. The summed E-state index contributed by atoms with van der Waals surface area (Å²) < 4.78 is 17.5. The second kappa shape index (κ2) is 3.71. The van der Waals surface area contributed by atoms with E-state index in [1.165, 1.54) is 6.42 Å². The lowest BCUT2D eigenvalue weighted by molar-refractivity contribution is 0.0832. The molecule has 0 aromatic heterocycles. The van der Waals surface area contributed by atoms with Crippen molar-refractivity contribution in [2.75, 3.05) is 32.9 Å². The highest BCUT2D eigenvalue weighted by atomic mass is 19.1. The highest BCUT2D eigenvalue weighted by Crippen LogP contribution is 2.26. The zero-order valence-electron chi connectivity index (χ0n) is 7.34. The molecule has 0 saturated carbocycles. The summed E-state index contributed by atoms with van der Waals surface area (Å²) in [6.45, 7) is 3.79. The van der Waals surface area contributed by atoms with Crippen molar-refractivity contribution in [2.24, 2.45) is 5.92 Å². The van der Waals surface area contributed by atoms with Gasteiger partial charge in [0.2, 0.25) is 0 Å². The van der Waals surface area contributed by atoms with E-state index in [9.17, 15) is 4.39 Å². The first-order valence-corrected chi connectivity index (χ1v) is 4.78. The normalized spacial score (nSPS) is 35.8. The van der Waals surface area contributed by atoms with E-state index in [-0.39, 0.29) is 6.67 Å². The first-order valence-electron chi connectivity index (χ1n) is 4.78. The summed E-state index contributed by atoms with van der Waals surface area (Å²) in [5, 5.41) is 0. The molecule has 0 aromatic carbocycles. The van der Waals surface area contributed by atoms with Crippen LogP contribution in [-0.4, -0.2) is 43.9 Å². The van der Waals surface area contributed by atoms with E-state index in [2.05, 4.69) is 4.90 Å². The lowest BCUT2D eigenvalue weighted by Crippen LogP contribution is -2.39. The topological polar surface area (TPSA) is 12.5 Å². The average molecular weight is 173 g/mol. The summed E-state index contributed by atoms with van der Waals surface area (Å²) in [6, 6.07) is 0. The Morgan fingerprint density at radius 1 is 1.42 bits per heavy atom. The van der Waals surface area contributed by atoms with E-state index >= 15 is 0 Å². The van der Waals surface area contributed by atoms with Crippen LogP contribution in [0.15, 0.2) is 0 Å². The van der Waals surface area contributed by atoms with Crippen LogP contribution >= 0.6 is 0 Å². The number of ether oxygens (including phenoxy) is 1. The first-order chi connectivity index (χ1) is 5.88. The molecular weight excluding hydrogens is 157 g/mol. The summed E-state index contributed by atoms with van der Waals surface area (Å²) in [7, 11) is 0. The molecule has 2 aliphatic rings. The van der Waals surface area contributed by atoms with Crippen LogP contribution in [0, 0.1) is 5.92 Å². The number of nitrogens with zero attached hydrogens (tertiary/aromatic N) is 1. The van der Waals surface area contributed by atoms with Gasteiger partial charge in [0.15, 0.2) is 0 Å². The highest BCUT2D eigenvalue weighted by molar-refractivity contribution is 4.84. The maximum atomic E-state index is 11.9. The number of fused-ring (bicyclic) bond motifs is 2. The van der Waals surface area contributed by atoms with Gasteiger partial charge < -0.3 is 9.64 Å². The number of hydrogen-bond acceptors (Lipinski definition) is 2. The van der Waals surface area contributed by atoms with Gasteiger partial charge in [-0.2, -0.15) is 0 Å². The number of piperidine rings is 1. The van der Waals surface area contributed by atoms with Gasteiger partial charge in [0.1, 0.15) is 0 Å². The predicted octanol–water partition coefficient (Wildman–Crippen LogP) is 1.07. The van der Waals surface area contributed by atoms with Gasteiger partial charge in [0.05, 0.1) is 19.4 Å². The predicted molar refractivity (Wildman–Crippen MR) is 44.9 cm³/mol. The molecule has 12 heavy (non-hydrogen) atoms. The molecule has 2 saturated heterocycles. The molecule has 2 unspecified atom stereocenters. The average Bonchev–Trinajstić information content (AvgIpc) is 2.42. The molecule has 0 amide bonds. The smallest absolute Gasteiger partial charge is 0.0906 e. The van der Waals surface area contributed by atoms with Crippen molar-refractivity contribution in [3.8, 4) is 0 Å². The SMILES string of the molecule is FCCCN1CC2COC(C2)C1. The number of alkyl halides is 1. The first kappa shape index (κ1) is 8.45. The van der Waals surface area contributed by atoms with E-state index < -0.39 is 0 Å². The minimum atomic E-state index is -0.188. The van der Waals surface area contributed by atoms with Gasteiger partial charge >= 0.3 is 0 Å². The van der Waals surface area contributed by atoms with E-state index in [4.69, 9.17) is 4.74 Å². The van der Waals surface area contributed by atoms with Crippen LogP contribution in [-0.2, 0) is 4.74 Å². The van der Waals surface area contributed by atoms with Crippen LogP contribution in [0.25, 0.3) is 0 Å². The molecule has 2 aliphatic heterocycles. The molecule has 3 heteroatoms. The largest absolute Gasteiger partial charge is 0.377 e. The Hall–Kier alpha value is -0.150. The van der Waals surface area contributed by atoms with Crippen LogP contribution < -0.4 is 0 Å². The van der Waals surface area contributed by atoms with Crippen molar-refractivity contribution in [1.82, 2.24) is 4.90 Å². The maximum Gasteiger partial charge on any atom is 0.0906 e. The minimum Gasteiger partial charge on any atom is -0.377 e. The molecule has 0 spiro atoms. The lowest BCUT2D eigenvalue weighted by Gasteiger charge is -2.29. The second-order valence-corrected chi connectivity index (χ2v) is 3.86. The van der Waals surface area contributed by atoms with Crippen LogP contribution in [0.1, 0.15) is 12.8 Å². The Bertz CT molecular complexity index is 141. The van der Waals surface area contributed by atoms with Crippen molar-refractivity contribution < 1.29 is 9.13 Å². The molecule has 70 valence electrons. The fraction of sp³-hybridized carbons (Fsp3) is 1.00. The fourth-order valence-corrected chi connectivity index (χ4v) is 2.23. The van der Waals surface area contributed by atoms with Crippen LogP contribution in [0.4, 0.5) is 4.39 Å². The molecule has 0 aliphatic carbocycles. The number of halogens is 1. The van der Waals surface area contributed by atoms with Crippen LogP contribution in [0.3, 0.4) is 0 Å². The van der Waals surface area contributed by atoms with Crippen molar-refractivity contribution in [2.45, 2.75) is 18.9 Å². The molecule has 2 rings (SSSR count). The van der Waals surface area contributed by atoms with Crippen molar-refractivity contribution in [1.29, 1.82) is 0 Å². The summed E-state index contributed by atoms with van der Waals surface area (Å²) in [5.41, 5.74) is 0. The van der Waals surface area contributed by atoms with Gasteiger partial charge in [-0.1, -0.05) is 0 Å². The van der Waals surface area contributed by atoms with Gasteiger partial charge in [0, 0.05) is 19.6 Å². The Balaban J connectivity index is 1.78. The number of hydrogen-bond donors (Lipinski definition) is 0. The van der Waals surface area contributed by atoms with E-state index in [1.807, 2.05) is 0 Å². The van der Waals surface area contributed by atoms with Gasteiger partial charge in [-0.15, -0.1) is 0 Å². The second-order valence-electron chi connectivity index (χ2n) is 3.86. The summed E-state index contributed by atoms with van der Waals surface area (Å²) in [6.07, 6.45) is 2.36. The third kappa shape index (κ3) is 1.77. The molecular formula is C9H16FNO. The number of likely N-dealkylation sites (tertiary alicyclic amines) is 1. The third-order valence-electron chi connectivity index (χ3n) is 2.75. The Labute approximate surface area is 72.7 Å². The van der Waals surface area contributed by atoms with Crippen LogP contribution in [0.2, 0.25) is 0 Å². The van der Waals surface area contributed by atoms with Gasteiger partial charge in [0.25, 0.3) is 0 Å². The monoisotopic (exact) mass is 173 g/mol. The Morgan fingerprint density at radius 2 is 2.33 bits per heavy atom. The van der Waals surface area contributed by atoms with Crippen molar-refractivity contribution in [3.05, 3.63) is 0 Å². The zero-order chi connectivity index (χ0) is 8.39. The molecule has 0 radical (unpaired) electrons. The molecule has 2 heterocycles. The molecule has 2 atom stereocenters. The molecule has 0 aromatic rings. The standard InChI is InChI=1S/C9H16FNO/c10-2-1-3-11-5-8-4-9(6-11)12-7-8/h8-9H,1-7H2. The van der Waals surface area contributed by atoms with Gasteiger partial charge in [-0.3, -0.25) is 4.39 Å². The molecule has 0 N–H and O–H groups in total. The highest BCUT2D eigenvalue weighted by Gasteiger charge is 2.33. The Kier molecular flexibility index (Phi) is 2.61. The lowest BCUT2D eigenvalue weighted by atomic mass is 10.0. The summed E-state index contributed by atoms with van der Waals surface area (Å²) in [5.74, 6) is 0.725. The molecule has 2 bridgehead atoms. The van der Waals surface area contributed by atoms with Crippen LogP contribution in [0.5, 0.6) is 0 Å². The van der Waals surface area contributed by atoms with E-state index in [0.717, 1.165) is 32.2 Å². The molecule has 2 nitrogen and oxygen atoms in total. The Morgan fingerprint density at radius 3 is 3.08 bits per heavy atom. The van der Waals surface area contributed by atoms with Crippen molar-refractivity contribution >= 4 is 0 Å². The van der Waals surface area contributed by atoms with Gasteiger partial charge in [-0.25, -0.2) is 0 Å². The fourth-order valence-electron chi connectivity index (χ4n) is 2.23. The van der Waals surface area contributed by atoms with Crippen molar-refractivity contribution in [3.63, 3.8) is 0 Å². The summed E-state index contributed by atoms with van der Waals surface area (Å²) in [4.78, 5) is 2.34. The zero-order valence-corrected chi connectivity index (χ0v) is 7.34. The quantitative estimate of drug-likeness (QED) is 0.633. The summed E-state index contributed by atoms with van der Waals surface area (Å²) >= 11 is 0.